The quantitative estimate of drug-likeness (QED) is 0.704. The van der Waals surface area contributed by atoms with Gasteiger partial charge in [-0.25, -0.2) is 4.68 Å². The molecule has 0 aromatic carbocycles. The van der Waals surface area contributed by atoms with Crippen LogP contribution < -0.4 is 0 Å². The standard InChI is InChI=1S/C8H15N5O/c1-12-7(9-10-11-12)8(14)13-5-3-2-4-6-13/h8,14H,2-6H2,1H3. The van der Waals surface area contributed by atoms with Gasteiger partial charge in [-0.3, -0.25) is 4.90 Å². The van der Waals surface area contributed by atoms with E-state index in [2.05, 4.69) is 15.5 Å². The first-order chi connectivity index (χ1) is 6.79. The second-order valence-corrected chi connectivity index (χ2v) is 3.63. The van der Waals surface area contributed by atoms with Crippen LogP contribution in [0.1, 0.15) is 31.3 Å². The first-order valence-electron chi connectivity index (χ1n) is 4.93. The lowest BCUT2D eigenvalue weighted by Crippen LogP contribution is -2.35. The Bertz CT molecular complexity index is 294. The van der Waals surface area contributed by atoms with Gasteiger partial charge in [-0.05, 0) is 23.3 Å². The molecule has 2 heterocycles. The number of rotatable bonds is 2. The molecule has 1 saturated heterocycles. The average Bonchev–Trinajstić information content (AvgIpc) is 2.65. The average molecular weight is 197 g/mol. The van der Waals surface area contributed by atoms with E-state index < -0.39 is 6.23 Å². The van der Waals surface area contributed by atoms with Crippen LogP contribution >= 0.6 is 0 Å². The van der Waals surface area contributed by atoms with Crippen molar-refractivity contribution in [3.8, 4) is 0 Å². The molecule has 1 fully saturated rings. The number of likely N-dealkylation sites (tertiary alicyclic amines) is 1. The van der Waals surface area contributed by atoms with Gasteiger partial charge in [0.15, 0.2) is 12.1 Å². The van der Waals surface area contributed by atoms with Crippen LogP contribution in [0.2, 0.25) is 0 Å². The Balaban J connectivity index is 2.07. The van der Waals surface area contributed by atoms with Gasteiger partial charge in [0.1, 0.15) is 0 Å². The van der Waals surface area contributed by atoms with E-state index in [-0.39, 0.29) is 0 Å². The fraction of sp³-hybridized carbons (Fsp3) is 0.875. The molecule has 1 aliphatic rings. The first-order valence-corrected chi connectivity index (χ1v) is 4.93. The summed E-state index contributed by atoms with van der Waals surface area (Å²) in [5, 5.41) is 21.0. The van der Waals surface area contributed by atoms with Gasteiger partial charge in [-0.15, -0.1) is 5.10 Å². The molecule has 2 rings (SSSR count). The maximum absolute atomic E-state index is 9.98. The number of aryl methyl sites for hydroxylation is 1. The SMILES string of the molecule is Cn1nnnc1C(O)N1CCCCC1. The zero-order chi connectivity index (χ0) is 9.97. The molecule has 0 radical (unpaired) electrons. The van der Waals surface area contributed by atoms with E-state index in [9.17, 15) is 5.11 Å². The Morgan fingerprint density at radius 2 is 2.00 bits per heavy atom. The molecule has 78 valence electrons. The molecular formula is C8H15N5O. The second kappa shape index (κ2) is 4.02. The predicted octanol–water partition coefficient (Wildman–Crippen LogP) is -0.313. The third-order valence-electron chi connectivity index (χ3n) is 2.62. The van der Waals surface area contributed by atoms with E-state index in [1.807, 2.05) is 4.90 Å². The van der Waals surface area contributed by atoms with Gasteiger partial charge in [-0.1, -0.05) is 6.42 Å². The number of nitrogens with zero attached hydrogens (tertiary/aromatic N) is 5. The van der Waals surface area contributed by atoms with Gasteiger partial charge in [0.25, 0.3) is 0 Å². The van der Waals surface area contributed by atoms with Crippen molar-refractivity contribution < 1.29 is 5.11 Å². The number of tetrazole rings is 1. The van der Waals surface area contributed by atoms with E-state index in [1.165, 1.54) is 11.1 Å². The van der Waals surface area contributed by atoms with Crippen LogP contribution in [0, 0.1) is 0 Å². The predicted molar refractivity (Wildman–Crippen MR) is 49.2 cm³/mol. The summed E-state index contributed by atoms with van der Waals surface area (Å²) in [6.45, 7) is 1.85. The summed E-state index contributed by atoms with van der Waals surface area (Å²) >= 11 is 0. The Morgan fingerprint density at radius 3 is 2.57 bits per heavy atom. The molecule has 6 heteroatoms. The molecule has 0 amide bonds. The normalized spacial score (nSPS) is 21.0. The number of piperidine rings is 1. The molecule has 14 heavy (non-hydrogen) atoms. The van der Waals surface area contributed by atoms with E-state index in [0.29, 0.717) is 5.82 Å². The Hall–Kier alpha value is -1.01. The van der Waals surface area contributed by atoms with Gasteiger partial charge in [-0.2, -0.15) is 0 Å². The molecule has 0 aliphatic carbocycles. The molecule has 0 spiro atoms. The lowest BCUT2D eigenvalue weighted by Gasteiger charge is -2.29. The van der Waals surface area contributed by atoms with Crippen LogP contribution in [-0.4, -0.2) is 43.3 Å². The number of aromatic nitrogens is 4. The molecule has 0 bridgehead atoms. The van der Waals surface area contributed by atoms with Gasteiger partial charge >= 0.3 is 0 Å². The van der Waals surface area contributed by atoms with Crippen molar-refractivity contribution in [2.45, 2.75) is 25.5 Å². The van der Waals surface area contributed by atoms with Crippen molar-refractivity contribution in [3.63, 3.8) is 0 Å². The van der Waals surface area contributed by atoms with Crippen molar-refractivity contribution in [2.24, 2.45) is 7.05 Å². The van der Waals surface area contributed by atoms with Gasteiger partial charge in [0.2, 0.25) is 0 Å². The summed E-state index contributed by atoms with van der Waals surface area (Å²) in [6.07, 6.45) is 2.88. The highest BCUT2D eigenvalue weighted by atomic mass is 16.3. The van der Waals surface area contributed by atoms with Crippen molar-refractivity contribution in [3.05, 3.63) is 5.82 Å². The van der Waals surface area contributed by atoms with Gasteiger partial charge in [0, 0.05) is 20.1 Å². The van der Waals surface area contributed by atoms with E-state index in [4.69, 9.17) is 0 Å². The zero-order valence-electron chi connectivity index (χ0n) is 8.30. The molecule has 1 atom stereocenters. The Kier molecular flexibility index (Phi) is 2.74. The molecule has 1 unspecified atom stereocenters. The smallest absolute Gasteiger partial charge is 0.195 e. The highest BCUT2D eigenvalue weighted by Gasteiger charge is 2.23. The number of aliphatic hydroxyl groups excluding tert-OH is 1. The summed E-state index contributed by atoms with van der Waals surface area (Å²) in [6, 6.07) is 0. The van der Waals surface area contributed by atoms with Crippen LogP contribution in [-0.2, 0) is 7.05 Å². The first kappa shape index (κ1) is 9.54. The maximum Gasteiger partial charge on any atom is 0.195 e. The third kappa shape index (κ3) is 1.76. The topological polar surface area (TPSA) is 67.1 Å². The van der Waals surface area contributed by atoms with Crippen molar-refractivity contribution in [1.29, 1.82) is 0 Å². The molecule has 1 aliphatic heterocycles. The second-order valence-electron chi connectivity index (χ2n) is 3.63. The highest BCUT2D eigenvalue weighted by molar-refractivity contribution is 4.87. The highest BCUT2D eigenvalue weighted by Crippen LogP contribution is 2.19. The molecule has 1 N–H and O–H groups in total. The molecule has 6 nitrogen and oxygen atoms in total. The largest absolute Gasteiger partial charge is 0.371 e. The number of aliphatic hydroxyl groups is 1. The molecule has 1 aromatic rings. The lowest BCUT2D eigenvalue weighted by atomic mass is 10.1. The van der Waals surface area contributed by atoms with E-state index in [0.717, 1.165) is 25.9 Å². The number of hydrogen-bond acceptors (Lipinski definition) is 5. The summed E-state index contributed by atoms with van der Waals surface area (Å²) in [5.41, 5.74) is 0. The molecule has 0 saturated carbocycles. The minimum absolute atomic E-state index is 0.520. The fourth-order valence-electron chi connectivity index (χ4n) is 1.78. The van der Waals surface area contributed by atoms with Crippen LogP contribution in [0.4, 0.5) is 0 Å². The summed E-state index contributed by atoms with van der Waals surface area (Å²) in [7, 11) is 1.74. The van der Waals surface area contributed by atoms with Crippen LogP contribution in [0.15, 0.2) is 0 Å². The Labute approximate surface area is 82.5 Å². The third-order valence-corrected chi connectivity index (χ3v) is 2.62. The zero-order valence-corrected chi connectivity index (χ0v) is 8.30. The minimum Gasteiger partial charge on any atom is -0.371 e. The van der Waals surface area contributed by atoms with E-state index in [1.54, 1.807) is 7.05 Å². The minimum atomic E-state index is -0.657. The number of hydrogen-bond donors (Lipinski definition) is 1. The lowest BCUT2D eigenvalue weighted by molar-refractivity contribution is -0.0186. The fourth-order valence-corrected chi connectivity index (χ4v) is 1.78. The summed E-state index contributed by atoms with van der Waals surface area (Å²) < 4.78 is 1.51. The van der Waals surface area contributed by atoms with Crippen LogP contribution in [0.3, 0.4) is 0 Å². The van der Waals surface area contributed by atoms with Crippen LogP contribution in [0.25, 0.3) is 0 Å². The van der Waals surface area contributed by atoms with Crippen LogP contribution in [0.5, 0.6) is 0 Å². The van der Waals surface area contributed by atoms with E-state index >= 15 is 0 Å². The van der Waals surface area contributed by atoms with Gasteiger partial charge < -0.3 is 5.11 Å². The van der Waals surface area contributed by atoms with Crippen molar-refractivity contribution in [1.82, 2.24) is 25.1 Å². The van der Waals surface area contributed by atoms with Gasteiger partial charge in [0.05, 0.1) is 0 Å². The summed E-state index contributed by atoms with van der Waals surface area (Å²) in [5.74, 6) is 0.520. The molecule has 1 aromatic heterocycles. The Morgan fingerprint density at radius 1 is 1.29 bits per heavy atom. The maximum atomic E-state index is 9.98. The molecular weight excluding hydrogens is 182 g/mol. The van der Waals surface area contributed by atoms with Crippen molar-refractivity contribution in [2.75, 3.05) is 13.1 Å². The summed E-state index contributed by atoms with van der Waals surface area (Å²) in [4.78, 5) is 2.01. The van der Waals surface area contributed by atoms with Crippen molar-refractivity contribution >= 4 is 0 Å². The monoisotopic (exact) mass is 197 g/mol.